The normalized spacial score (nSPS) is 16.2. The zero-order valence-corrected chi connectivity index (χ0v) is 15.9. The van der Waals surface area contributed by atoms with Crippen LogP contribution in [0.2, 0.25) is 0 Å². The Bertz CT molecular complexity index is 376. The van der Waals surface area contributed by atoms with Gasteiger partial charge >= 0.3 is 0 Å². The molecule has 0 atom stereocenters. The van der Waals surface area contributed by atoms with E-state index >= 15 is 0 Å². The molecule has 0 aromatic carbocycles. The van der Waals surface area contributed by atoms with E-state index in [0.29, 0.717) is 19.6 Å². The van der Waals surface area contributed by atoms with E-state index in [-0.39, 0.29) is 11.8 Å². The molecule has 0 aliphatic carbocycles. The molecular formula is C18H36N4O2. The van der Waals surface area contributed by atoms with Gasteiger partial charge in [-0.2, -0.15) is 0 Å². The monoisotopic (exact) mass is 340 g/mol. The average molecular weight is 341 g/mol. The van der Waals surface area contributed by atoms with Crippen LogP contribution in [0.3, 0.4) is 0 Å². The number of hydrogen-bond donors (Lipinski definition) is 1. The molecule has 6 nitrogen and oxygen atoms in total. The largest absolute Gasteiger partial charge is 0.355 e. The second-order valence-electron chi connectivity index (χ2n) is 6.76. The van der Waals surface area contributed by atoms with Crippen LogP contribution in [0.4, 0.5) is 0 Å². The molecule has 6 heteroatoms. The van der Waals surface area contributed by atoms with Gasteiger partial charge in [-0.1, -0.05) is 26.2 Å². The van der Waals surface area contributed by atoms with Gasteiger partial charge in [0.1, 0.15) is 0 Å². The minimum Gasteiger partial charge on any atom is -0.355 e. The summed E-state index contributed by atoms with van der Waals surface area (Å²) in [5.41, 5.74) is 0. The number of nitrogens with zero attached hydrogens (tertiary/aromatic N) is 3. The fourth-order valence-electron chi connectivity index (χ4n) is 3.05. The molecule has 1 rings (SSSR count). The zero-order valence-electron chi connectivity index (χ0n) is 15.9. The maximum absolute atomic E-state index is 12.5. The average Bonchev–Trinajstić information content (AvgIpc) is 2.77. The Kier molecular flexibility index (Phi) is 10.7. The fraction of sp³-hybridized carbons (Fsp3) is 0.889. The van der Waals surface area contributed by atoms with Gasteiger partial charge in [0.2, 0.25) is 11.8 Å². The van der Waals surface area contributed by atoms with Gasteiger partial charge in [0.25, 0.3) is 0 Å². The van der Waals surface area contributed by atoms with Crippen LogP contribution in [-0.2, 0) is 9.59 Å². The van der Waals surface area contributed by atoms with Crippen LogP contribution in [0.1, 0.15) is 46.0 Å². The second kappa shape index (κ2) is 12.3. The molecule has 1 N–H and O–H groups in total. The van der Waals surface area contributed by atoms with Crippen LogP contribution in [0.25, 0.3) is 0 Å². The summed E-state index contributed by atoms with van der Waals surface area (Å²) in [7, 11) is 2.03. The van der Waals surface area contributed by atoms with Gasteiger partial charge < -0.3 is 10.2 Å². The Hall–Kier alpha value is -1.14. The number of carbonyl (C=O) groups is 2. The third kappa shape index (κ3) is 8.64. The molecule has 0 saturated carbocycles. The number of amides is 2. The molecule has 0 radical (unpaired) electrons. The highest BCUT2D eigenvalue weighted by Gasteiger charge is 2.21. The maximum Gasteiger partial charge on any atom is 0.236 e. The van der Waals surface area contributed by atoms with Crippen molar-refractivity contribution in [2.75, 3.05) is 59.4 Å². The topological polar surface area (TPSA) is 55.9 Å². The van der Waals surface area contributed by atoms with Crippen molar-refractivity contribution < 1.29 is 9.59 Å². The summed E-state index contributed by atoms with van der Waals surface area (Å²) in [6, 6.07) is 0. The molecule has 1 saturated heterocycles. The standard InChI is InChI=1S/C18H36N4O2/c1-4-6-7-8-10-20(3)16-18(24)22-12-9-11-21(13-14-22)15-17(23)19-5-2/h4-16H2,1-3H3,(H,19,23). The van der Waals surface area contributed by atoms with Crippen LogP contribution < -0.4 is 5.32 Å². The van der Waals surface area contributed by atoms with E-state index in [1.54, 1.807) is 0 Å². The van der Waals surface area contributed by atoms with E-state index in [1.165, 1.54) is 19.3 Å². The van der Waals surface area contributed by atoms with Crippen molar-refractivity contribution in [3.05, 3.63) is 0 Å². The summed E-state index contributed by atoms with van der Waals surface area (Å²) < 4.78 is 0. The van der Waals surface area contributed by atoms with E-state index in [4.69, 9.17) is 0 Å². The molecule has 2 amide bonds. The Morgan fingerprint density at radius 2 is 1.83 bits per heavy atom. The van der Waals surface area contributed by atoms with Crippen LogP contribution in [0.5, 0.6) is 0 Å². The Labute approximate surface area is 147 Å². The molecule has 0 aromatic rings. The molecule has 1 fully saturated rings. The first kappa shape index (κ1) is 20.9. The predicted molar refractivity (Wildman–Crippen MR) is 98.0 cm³/mol. The summed E-state index contributed by atoms with van der Waals surface area (Å²) in [5, 5.41) is 2.83. The van der Waals surface area contributed by atoms with Gasteiger partial charge in [-0.3, -0.25) is 19.4 Å². The molecule has 24 heavy (non-hydrogen) atoms. The van der Waals surface area contributed by atoms with Crippen molar-refractivity contribution in [2.45, 2.75) is 46.0 Å². The van der Waals surface area contributed by atoms with Crippen molar-refractivity contribution in [1.82, 2.24) is 20.0 Å². The highest BCUT2D eigenvalue weighted by Crippen LogP contribution is 2.05. The minimum atomic E-state index is 0.0732. The van der Waals surface area contributed by atoms with E-state index in [0.717, 1.165) is 45.6 Å². The molecule has 0 bridgehead atoms. The van der Waals surface area contributed by atoms with Crippen LogP contribution in [0, 0.1) is 0 Å². The summed E-state index contributed by atoms with van der Waals surface area (Å²) in [5.74, 6) is 0.289. The first-order valence-electron chi connectivity index (χ1n) is 9.52. The van der Waals surface area contributed by atoms with Gasteiger partial charge in [-0.25, -0.2) is 0 Å². The number of carbonyl (C=O) groups excluding carboxylic acids is 2. The highest BCUT2D eigenvalue weighted by molar-refractivity contribution is 5.78. The van der Waals surface area contributed by atoms with E-state index < -0.39 is 0 Å². The van der Waals surface area contributed by atoms with Crippen LogP contribution in [0.15, 0.2) is 0 Å². The molecule has 1 aliphatic rings. The summed E-state index contributed by atoms with van der Waals surface area (Å²) in [6.45, 7) is 9.93. The predicted octanol–water partition coefficient (Wildman–Crippen LogP) is 1.17. The molecule has 1 heterocycles. The Morgan fingerprint density at radius 1 is 1.04 bits per heavy atom. The van der Waals surface area contributed by atoms with Crippen molar-refractivity contribution in [3.63, 3.8) is 0 Å². The second-order valence-corrected chi connectivity index (χ2v) is 6.76. The smallest absolute Gasteiger partial charge is 0.236 e. The molecule has 1 aliphatic heterocycles. The van der Waals surface area contributed by atoms with Crippen molar-refractivity contribution in [3.8, 4) is 0 Å². The van der Waals surface area contributed by atoms with Gasteiger partial charge in [-0.05, 0) is 33.4 Å². The van der Waals surface area contributed by atoms with Crippen LogP contribution >= 0.6 is 0 Å². The third-order valence-electron chi connectivity index (χ3n) is 4.48. The number of rotatable bonds is 10. The molecule has 140 valence electrons. The first-order valence-corrected chi connectivity index (χ1v) is 9.52. The molecule has 0 unspecified atom stereocenters. The van der Waals surface area contributed by atoms with E-state index in [9.17, 15) is 9.59 Å². The van der Waals surface area contributed by atoms with Crippen molar-refractivity contribution in [1.29, 1.82) is 0 Å². The van der Waals surface area contributed by atoms with Gasteiger partial charge in [0, 0.05) is 32.7 Å². The summed E-state index contributed by atoms with van der Waals surface area (Å²) >= 11 is 0. The van der Waals surface area contributed by atoms with E-state index in [2.05, 4.69) is 22.0 Å². The Morgan fingerprint density at radius 3 is 2.54 bits per heavy atom. The zero-order chi connectivity index (χ0) is 17.8. The Balaban J connectivity index is 2.29. The lowest BCUT2D eigenvalue weighted by atomic mass is 10.2. The number of unbranched alkanes of at least 4 members (excludes halogenated alkanes) is 3. The number of likely N-dealkylation sites (N-methyl/N-ethyl adjacent to an activating group) is 2. The van der Waals surface area contributed by atoms with Gasteiger partial charge in [-0.15, -0.1) is 0 Å². The number of nitrogens with one attached hydrogen (secondary N) is 1. The third-order valence-corrected chi connectivity index (χ3v) is 4.48. The quantitative estimate of drug-likeness (QED) is 0.607. The lowest BCUT2D eigenvalue weighted by molar-refractivity contribution is -0.132. The van der Waals surface area contributed by atoms with Crippen LogP contribution in [-0.4, -0.2) is 85.9 Å². The van der Waals surface area contributed by atoms with Gasteiger partial charge in [0.15, 0.2) is 0 Å². The maximum atomic E-state index is 12.5. The van der Waals surface area contributed by atoms with Gasteiger partial charge in [0.05, 0.1) is 13.1 Å². The lowest BCUT2D eigenvalue weighted by Crippen LogP contribution is -2.42. The van der Waals surface area contributed by atoms with Crippen molar-refractivity contribution in [2.24, 2.45) is 0 Å². The highest BCUT2D eigenvalue weighted by atomic mass is 16.2. The lowest BCUT2D eigenvalue weighted by Gasteiger charge is -2.24. The number of hydrogen-bond acceptors (Lipinski definition) is 4. The fourth-order valence-corrected chi connectivity index (χ4v) is 3.05. The first-order chi connectivity index (χ1) is 11.6. The molecule has 0 aromatic heterocycles. The van der Waals surface area contributed by atoms with Crippen molar-refractivity contribution >= 4 is 11.8 Å². The summed E-state index contributed by atoms with van der Waals surface area (Å²) in [6.07, 6.45) is 5.86. The minimum absolute atomic E-state index is 0.0732. The summed E-state index contributed by atoms with van der Waals surface area (Å²) in [4.78, 5) is 30.4. The SMILES string of the molecule is CCCCCCN(C)CC(=O)N1CCCN(CC(=O)NCC)CC1. The van der Waals surface area contributed by atoms with E-state index in [1.807, 2.05) is 18.9 Å². The molecular weight excluding hydrogens is 304 g/mol. The molecule has 0 spiro atoms.